The smallest absolute Gasteiger partial charge is 0.183 e. The Morgan fingerprint density at radius 3 is 2.86 bits per heavy atom. The van der Waals surface area contributed by atoms with Crippen LogP contribution < -0.4 is 10.6 Å². The number of anilines is 1. The molecule has 0 aliphatic heterocycles. The number of fused-ring (bicyclic) bond motifs is 1. The van der Waals surface area contributed by atoms with E-state index in [1.165, 1.54) is 12.6 Å². The predicted molar refractivity (Wildman–Crippen MR) is 115 cm³/mol. The van der Waals surface area contributed by atoms with E-state index in [4.69, 9.17) is 11.6 Å². The number of hydrogen-bond donors (Lipinski definition) is 3. The fourth-order valence-electron chi connectivity index (χ4n) is 3.95. The van der Waals surface area contributed by atoms with Crippen molar-refractivity contribution in [3.63, 3.8) is 0 Å². The zero-order valence-electron chi connectivity index (χ0n) is 16.5. The highest BCUT2D eigenvalue weighted by Crippen LogP contribution is 2.29. The molecule has 0 bridgehead atoms. The lowest BCUT2D eigenvalue weighted by molar-refractivity contribution is 0.341. The second-order valence-corrected chi connectivity index (χ2v) is 8.03. The fourth-order valence-corrected chi connectivity index (χ4v) is 4.11. The maximum atomic E-state index is 14.5. The first-order chi connectivity index (χ1) is 14.2. The van der Waals surface area contributed by atoms with E-state index in [2.05, 4.69) is 37.5 Å². The van der Waals surface area contributed by atoms with Gasteiger partial charge in [0.1, 0.15) is 5.65 Å². The van der Waals surface area contributed by atoms with Gasteiger partial charge in [-0.15, -0.1) is 0 Å². The molecule has 2 atom stereocenters. The van der Waals surface area contributed by atoms with Crippen LogP contribution in [0.1, 0.15) is 45.4 Å². The van der Waals surface area contributed by atoms with E-state index in [1.54, 1.807) is 12.4 Å². The van der Waals surface area contributed by atoms with Crippen LogP contribution in [0.3, 0.4) is 0 Å². The number of pyridine rings is 1. The van der Waals surface area contributed by atoms with Crippen molar-refractivity contribution < 1.29 is 4.39 Å². The third-order valence-corrected chi connectivity index (χ3v) is 5.71. The maximum Gasteiger partial charge on any atom is 0.183 e. The Balaban J connectivity index is 1.58. The predicted octanol–water partition coefficient (Wildman–Crippen LogP) is 4.93. The van der Waals surface area contributed by atoms with Gasteiger partial charge < -0.3 is 15.6 Å². The van der Waals surface area contributed by atoms with Gasteiger partial charge in [0.25, 0.3) is 0 Å². The van der Waals surface area contributed by atoms with Crippen molar-refractivity contribution in [1.82, 2.24) is 25.3 Å². The van der Waals surface area contributed by atoms with Gasteiger partial charge in [0.2, 0.25) is 0 Å². The van der Waals surface area contributed by atoms with Crippen LogP contribution in [0.25, 0.3) is 22.4 Å². The summed E-state index contributed by atoms with van der Waals surface area (Å²) in [7, 11) is 0. The lowest BCUT2D eigenvalue weighted by Crippen LogP contribution is -2.46. The minimum atomic E-state index is -0.442. The largest absolute Gasteiger partial charge is 0.363 e. The molecule has 1 aliphatic carbocycles. The van der Waals surface area contributed by atoms with E-state index in [9.17, 15) is 4.39 Å². The quantitative estimate of drug-likeness (QED) is 0.476. The summed E-state index contributed by atoms with van der Waals surface area (Å²) < 4.78 is 14.5. The summed E-state index contributed by atoms with van der Waals surface area (Å²) in [6, 6.07) is 2.28. The van der Waals surface area contributed by atoms with E-state index in [0.29, 0.717) is 22.5 Å². The number of aromatic nitrogens is 4. The molecule has 0 unspecified atom stereocenters. The molecule has 0 amide bonds. The Labute approximate surface area is 174 Å². The van der Waals surface area contributed by atoms with Gasteiger partial charge >= 0.3 is 0 Å². The molecule has 0 saturated heterocycles. The molecular formula is C21H26ClFN6. The van der Waals surface area contributed by atoms with E-state index >= 15 is 0 Å². The lowest BCUT2D eigenvalue weighted by Gasteiger charge is -2.33. The molecule has 3 heterocycles. The normalized spacial score (nSPS) is 19.6. The Morgan fingerprint density at radius 1 is 1.21 bits per heavy atom. The molecule has 154 valence electrons. The summed E-state index contributed by atoms with van der Waals surface area (Å²) in [4.78, 5) is 16.1. The molecule has 1 saturated carbocycles. The third-order valence-electron chi connectivity index (χ3n) is 5.51. The molecule has 3 aromatic heterocycles. The molecular weight excluding hydrogens is 391 g/mol. The number of hydrogen-bond acceptors (Lipinski definition) is 5. The maximum absolute atomic E-state index is 14.5. The number of nitrogens with zero attached hydrogens (tertiary/aromatic N) is 3. The summed E-state index contributed by atoms with van der Waals surface area (Å²) in [5, 5.41) is 8.32. The number of H-pyrrole nitrogens is 1. The van der Waals surface area contributed by atoms with E-state index in [-0.39, 0.29) is 11.9 Å². The topological polar surface area (TPSA) is 78.5 Å². The Morgan fingerprint density at radius 2 is 2.03 bits per heavy atom. The summed E-state index contributed by atoms with van der Waals surface area (Å²) >= 11 is 6.09. The fraction of sp³-hybridized carbons (Fsp3) is 0.476. The molecule has 8 heteroatoms. The van der Waals surface area contributed by atoms with Crippen molar-refractivity contribution in [3.8, 4) is 11.4 Å². The first kappa shape index (κ1) is 20.0. The molecule has 6 nitrogen and oxygen atoms in total. The molecule has 3 aromatic rings. The summed E-state index contributed by atoms with van der Waals surface area (Å²) in [5.74, 6) is 0.242. The summed E-state index contributed by atoms with van der Waals surface area (Å²) in [5.41, 5.74) is 1.44. The number of aromatic amines is 1. The number of rotatable bonds is 7. The molecule has 4 rings (SSSR count). The van der Waals surface area contributed by atoms with Crippen LogP contribution in [0, 0.1) is 5.82 Å². The zero-order chi connectivity index (χ0) is 20.2. The molecule has 0 spiro atoms. The van der Waals surface area contributed by atoms with Crippen LogP contribution in [0.4, 0.5) is 10.2 Å². The van der Waals surface area contributed by atoms with Crippen molar-refractivity contribution in [2.45, 2.75) is 57.5 Å². The Bertz CT molecular complexity index is 975. The molecule has 0 aromatic carbocycles. The van der Waals surface area contributed by atoms with Crippen molar-refractivity contribution in [2.75, 3.05) is 11.9 Å². The van der Waals surface area contributed by atoms with Gasteiger partial charge in [-0.3, -0.25) is 0 Å². The van der Waals surface area contributed by atoms with Gasteiger partial charge in [-0.25, -0.2) is 19.3 Å². The number of nitrogens with one attached hydrogen (secondary N) is 3. The third kappa shape index (κ3) is 4.51. The second-order valence-electron chi connectivity index (χ2n) is 7.59. The monoisotopic (exact) mass is 416 g/mol. The second kappa shape index (κ2) is 9.05. The number of unbranched alkanes of at least 4 members (excludes halogenated alkanes) is 1. The Hall–Kier alpha value is -2.25. The summed E-state index contributed by atoms with van der Waals surface area (Å²) in [6.07, 6.45) is 11.3. The van der Waals surface area contributed by atoms with Gasteiger partial charge in [-0.1, -0.05) is 37.8 Å². The van der Waals surface area contributed by atoms with Crippen molar-refractivity contribution >= 4 is 28.5 Å². The SMILES string of the molecule is CCCCN[C@@H]1CCCC[C@H]1Nc1nc(-c2c[nH]c3ncc(Cl)cc23)ncc1F. The summed E-state index contributed by atoms with van der Waals surface area (Å²) in [6.45, 7) is 3.17. The van der Waals surface area contributed by atoms with Gasteiger partial charge in [0.05, 0.1) is 11.2 Å². The van der Waals surface area contributed by atoms with E-state index in [0.717, 1.165) is 49.6 Å². The molecule has 1 fully saturated rings. The van der Waals surface area contributed by atoms with Crippen LogP contribution in [0.15, 0.2) is 24.7 Å². The van der Waals surface area contributed by atoms with Crippen molar-refractivity contribution in [2.24, 2.45) is 0 Å². The van der Waals surface area contributed by atoms with Gasteiger partial charge in [0.15, 0.2) is 17.5 Å². The van der Waals surface area contributed by atoms with Crippen LogP contribution in [-0.2, 0) is 0 Å². The standard InChI is InChI=1S/C21H26ClFN6/c1-2-3-8-24-17-6-4-5-7-18(17)28-21-16(23)12-27-20(29-21)15-11-26-19-14(15)9-13(22)10-25-19/h9-12,17-18,24H,2-8H2,1H3,(H,25,26)(H,27,28,29)/t17-,18-/m1/s1. The minimum Gasteiger partial charge on any atom is -0.363 e. The molecule has 1 aliphatic rings. The van der Waals surface area contributed by atoms with Crippen molar-refractivity contribution in [3.05, 3.63) is 35.5 Å². The lowest BCUT2D eigenvalue weighted by atomic mass is 9.90. The van der Waals surface area contributed by atoms with E-state index < -0.39 is 5.82 Å². The highest BCUT2D eigenvalue weighted by molar-refractivity contribution is 6.31. The van der Waals surface area contributed by atoms with Crippen LogP contribution in [0.2, 0.25) is 5.02 Å². The average Bonchev–Trinajstić information content (AvgIpc) is 3.14. The van der Waals surface area contributed by atoms with Crippen molar-refractivity contribution in [1.29, 1.82) is 0 Å². The van der Waals surface area contributed by atoms with Gasteiger partial charge in [-0.05, 0) is 31.9 Å². The minimum absolute atomic E-state index is 0.150. The van der Waals surface area contributed by atoms with Crippen LogP contribution in [-0.4, -0.2) is 38.6 Å². The number of halogens is 2. The van der Waals surface area contributed by atoms with E-state index in [1.807, 2.05) is 6.07 Å². The van der Waals surface area contributed by atoms with Crippen LogP contribution >= 0.6 is 11.6 Å². The molecule has 3 N–H and O–H groups in total. The van der Waals surface area contributed by atoms with Gasteiger partial charge in [-0.2, -0.15) is 0 Å². The highest BCUT2D eigenvalue weighted by Gasteiger charge is 2.26. The molecule has 0 radical (unpaired) electrons. The first-order valence-corrected chi connectivity index (χ1v) is 10.7. The highest BCUT2D eigenvalue weighted by atomic mass is 35.5. The van der Waals surface area contributed by atoms with Gasteiger partial charge in [0, 0.05) is 35.4 Å². The average molecular weight is 417 g/mol. The Kier molecular flexibility index (Phi) is 6.25. The zero-order valence-corrected chi connectivity index (χ0v) is 17.3. The molecule has 29 heavy (non-hydrogen) atoms. The van der Waals surface area contributed by atoms with Crippen LogP contribution in [0.5, 0.6) is 0 Å². The first-order valence-electron chi connectivity index (χ1n) is 10.3.